The lowest BCUT2D eigenvalue weighted by atomic mass is 10.0. The van der Waals surface area contributed by atoms with E-state index >= 15 is 0 Å². The molecule has 0 atom stereocenters. The number of hydrogen-bond donors (Lipinski definition) is 0. The molecule has 0 aliphatic heterocycles. The molecule has 2 heterocycles. The minimum atomic E-state index is -0.529. The van der Waals surface area contributed by atoms with E-state index < -0.39 is 5.82 Å². The number of nitrogens with zero attached hydrogens (tertiary/aromatic N) is 3. The summed E-state index contributed by atoms with van der Waals surface area (Å²) in [6, 6.07) is 4.47. The van der Waals surface area contributed by atoms with Gasteiger partial charge in [0.2, 0.25) is 0 Å². The van der Waals surface area contributed by atoms with Crippen LogP contribution in [0.3, 0.4) is 0 Å². The summed E-state index contributed by atoms with van der Waals surface area (Å²) in [6.45, 7) is 1.81. The van der Waals surface area contributed by atoms with Crippen LogP contribution in [0.2, 0.25) is 0 Å². The standard InChI is InChI=1S/C14H10FN3O/c1-9-2-3-12(15)10(6-9)14(19)11-7-17-18-5-4-16-8-13(11)18/h2-8H,1H3. The summed E-state index contributed by atoms with van der Waals surface area (Å²) in [4.78, 5) is 16.3. The molecule has 0 saturated carbocycles. The second-order valence-electron chi connectivity index (χ2n) is 4.28. The molecule has 0 fully saturated rings. The van der Waals surface area contributed by atoms with E-state index in [4.69, 9.17) is 0 Å². The van der Waals surface area contributed by atoms with Crippen molar-refractivity contribution in [1.29, 1.82) is 0 Å². The number of carbonyl (C=O) groups excluding carboxylic acids is 1. The lowest BCUT2D eigenvalue weighted by Crippen LogP contribution is -2.04. The molecule has 0 saturated heterocycles. The smallest absolute Gasteiger partial charge is 0.199 e. The lowest BCUT2D eigenvalue weighted by molar-refractivity contribution is 0.103. The van der Waals surface area contributed by atoms with Crippen LogP contribution in [-0.2, 0) is 0 Å². The Labute approximate surface area is 108 Å². The number of hydrogen-bond acceptors (Lipinski definition) is 3. The van der Waals surface area contributed by atoms with Gasteiger partial charge in [-0.15, -0.1) is 0 Å². The Morgan fingerprint density at radius 2 is 2.11 bits per heavy atom. The molecule has 0 amide bonds. The number of aryl methyl sites for hydroxylation is 1. The summed E-state index contributed by atoms with van der Waals surface area (Å²) < 4.78 is 15.3. The van der Waals surface area contributed by atoms with E-state index in [1.807, 2.05) is 6.92 Å². The molecular formula is C14H10FN3O. The highest BCUT2D eigenvalue weighted by Crippen LogP contribution is 2.18. The van der Waals surface area contributed by atoms with E-state index in [1.54, 1.807) is 18.5 Å². The van der Waals surface area contributed by atoms with E-state index in [0.717, 1.165) is 5.56 Å². The van der Waals surface area contributed by atoms with Gasteiger partial charge in [-0.25, -0.2) is 8.91 Å². The zero-order valence-corrected chi connectivity index (χ0v) is 10.2. The van der Waals surface area contributed by atoms with Gasteiger partial charge < -0.3 is 0 Å². The van der Waals surface area contributed by atoms with Crippen LogP contribution < -0.4 is 0 Å². The fourth-order valence-corrected chi connectivity index (χ4v) is 1.97. The largest absolute Gasteiger partial charge is 0.288 e. The van der Waals surface area contributed by atoms with Crippen molar-refractivity contribution in [2.45, 2.75) is 6.92 Å². The first-order valence-corrected chi connectivity index (χ1v) is 5.75. The number of rotatable bonds is 2. The Morgan fingerprint density at radius 3 is 2.95 bits per heavy atom. The van der Waals surface area contributed by atoms with Crippen LogP contribution in [0.25, 0.3) is 5.52 Å². The second kappa shape index (κ2) is 4.28. The predicted octanol–water partition coefficient (Wildman–Crippen LogP) is 2.41. The third-order valence-corrected chi connectivity index (χ3v) is 2.94. The van der Waals surface area contributed by atoms with Gasteiger partial charge in [0.15, 0.2) is 5.78 Å². The Morgan fingerprint density at radius 1 is 1.26 bits per heavy atom. The van der Waals surface area contributed by atoms with Gasteiger partial charge >= 0.3 is 0 Å². The number of halogens is 1. The predicted molar refractivity (Wildman–Crippen MR) is 67.6 cm³/mol. The van der Waals surface area contributed by atoms with E-state index in [0.29, 0.717) is 11.1 Å². The summed E-state index contributed by atoms with van der Waals surface area (Å²) in [5.41, 5.74) is 1.80. The van der Waals surface area contributed by atoms with E-state index in [9.17, 15) is 9.18 Å². The van der Waals surface area contributed by atoms with Crippen LogP contribution in [-0.4, -0.2) is 20.4 Å². The first-order valence-electron chi connectivity index (χ1n) is 5.75. The van der Waals surface area contributed by atoms with Gasteiger partial charge in [-0.05, 0) is 19.1 Å². The fraction of sp³-hybridized carbons (Fsp3) is 0.0714. The normalized spacial score (nSPS) is 10.8. The van der Waals surface area contributed by atoms with E-state index in [-0.39, 0.29) is 11.3 Å². The third kappa shape index (κ3) is 1.89. The molecule has 0 aliphatic carbocycles. The van der Waals surface area contributed by atoms with Crippen LogP contribution in [0.15, 0.2) is 43.0 Å². The minimum Gasteiger partial charge on any atom is -0.288 e. The SMILES string of the molecule is Cc1ccc(F)c(C(=O)c2cnn3ccncc23)c1. The molecule has 0 N–H and O–H groups in total. The van der Waals surface area contributed by atoms with Crippen molar-refractivity contribution in [3.05, 3.63) is 65.5 Å². The molecule has 19 heavy (non-hydrogen) atoms. The average molecular weight is 255 g/mol. The van der Waals surface area contributed by atoms with Crippen molar-refractivity contribution in [2.24, 2.45) is 0 Å². The first kappa shape index (κ1) is 11.5. The Bertz CT molecular complexity index is 779. The number of fused-ring (bicyclic) bond motifs is 1. The number of carbonyl (C=O) groups is 1. The maximum absolute atomic E-state index is 13.7. The van der Waals surface area contributed by atoms with Crippen molar-refractivity contribution < 1.29 is 9.18 Å². The molecule has 0 spiro atoms. The van der Waals surface area contributed by atoms with Crippen molar-refractivity contribution >= 4 is 11.3 Å². The van der Waals surface area contributed by atoms with Crippen molar-refractivity contribution in [3.8, 4) is 0 Å². The highest BCUT2D eigenvalue weighted by Gasteiger charge is 2.18. The number of benzene rings is 1. The number of aromatic nitrogens is 3. The zero-order chi connectivity index (χ0) is 13.4. The molecule has 0 aliphatic rings. The maximum Gasteiger partial charge on any atom is 0.199 e. The number of ketones is 1. The van der Waals surface area contributed by atoms with Gasteiger partial charge in [-0.3, -0.25) is 9.78 Å². The molecule has 94 valence electrons. The quantitative estimate of drug-likeness (QED) is 0.661. The molecule has 2 aromatic heterocycles. The van der Waals surface area contributed by atoms with Crippen LogP contribution in [0.1, 0.15) is 21.5 Å². The zero-order valence-electron chi connectivity index (χ0n) is 10.2. The molecule has 3 rings (SSSR count). The van der Waals surface area contributed by atoms with Crippen LogP contribution in [0, 0.1) is 12.7 Å². The molecule has 0 radical (unpaired) electrons. The molecule has 3 aromatic rings. The maximum atomic E-state index is 13.7. The van der Waals surface area contributed by atoms with E-state index in [1.165, 1.54) is 29.0 Å². The summed E-state index contributed by atoms with van der Waals surface area (Å²) in [6.07, 6.45) is 6.18. The average Bonchev–Trinajstić information content (AvgIpc) is 2.84. The Hall–Kier alpha value is -2.56. The van der Waals surface area contributed by atoms with Crippen molar-refractivity contribution in [2.75, 3.05) is 0 Å². The van der Waals surface area contributed by atoms with Gasteiger partial charge in [0.25, 0.3) is 0 Å². The van der Waals surface area contributed by atoms with Gasteiger partial charge in [-0.1, -0.05) is 11.6 Å². The first-order chi connectivity index (χ1) is 9.16. The van der Waals surface area contributed by atoms with Crippen LogP contribution in [0.5, 0.6) is 0 Å². The van der Waals surface area contributed by atoms with Gasteiger partial charge in [0, 0.05) is 12.4 Å². The molecule has 5 heteroatoms. The summed E-state index contributed by atoms with van der Waals surface area (Å²) >= 11 is 0. The molecule has 1 aromatic carbocycles. The van der Waals surface area contributed by atoms with Crippen LogP contribution >= 0.6 is 0 Å². The molecule has 0 bridgehead atoms. The van der Waals surface area contributed by atoms with Crippen molar-refractivity contribution in [3.63, 3.8) is 0 Å². The van der Waals surface area contributed by atoms with Gasteiger partial charge in [0.05, 0.1) is 29.0 Å². The van der Waals surface area contributed by atoms with E-state index in [2.05, 4.69) is 10.1 Å². The van der Waals surface area contributed by atoms with Gasteiger partial charge in [0.1, 0.15) is 5.82 Å². The monoisotopic (exact) mass is 255 g/mol. The molecular weight excluding hydrogens is 245 g/mol. The van der Waals surface area contributed by atoms with Gasteiger partial charge in [-0.2, -0.15) is 5.10 Å². The highest BCUT2D eigenvalue weighted by atomic mass is 19.1. The Kier molecular flexibility index (Phi) is 2.59. The van der Waals surface area contributed by atoms with Crippen LogP contribution in [0.4, 0.5) is 4.39 Å². The Balaban J connectivity index is 2.16. The lowest BCUT2D eigenvalue weighted by Gasteiger charge is -2.02. The molecule has 0 unspecified atom stereocenters. The molecule has 4 nitrogen and oxygen atoms in total. The summed E-state index contributed by atoms with van der Waals surface area (Å²) in [7, 11) is 0. The van der Waals surface area contributed by atoms with Crippen molar-refractivity contribution in [1.82, 2.24) is 14.6 Å². The third-order valence-electron chi connectivity index (χ3n) is 2.94. The topological polar surface area (TPSA) is 47.3 Å². The highest BCUT2D eigenvalue weighted by molar-refractivity contribution is 6.13. The minimum absolute atomic E-state index is 0.0544. The summed E-state index contributed by atoms with van der Waals surface area (Å²) in [5, 5.41) is 4.05. The summed E-state index contributed by atoms with van der Waals surface area (Å²) in [5.74, 6) is -0.914. The second-order valence-corrected chi connectivity index (χ2v) is 4.28. The fourth-order valence-electron chi connectivity index (χ4n) is 1.97.